The van der Waals surface area contributed by atoms with E-state index >= 15 is 0 Å². The largest absolute Gasteiger partial charge is 0.493 e. The first-order chi connectivity index (χ1) is 16.2. The van der Waals surface area contributed by atoms with Crippen LogP contribution in [0.3, 0.4) is 0 Å². The van der Waals surface area contributed by atoms with E-state index in [0.29, 0.717) is 18.7 Å². The van der Waals surface area contributed by atoms with Crippen molar-refractivity contribution in [3.8, 4) is 5.75 Å². The van der Waals surface area contributed by atoms with Gasteiger partial charge in [-0.05, 0) is 62.1 Å². The minimum atomic E-state index is -0.0699. The molecule has 33 heavy (non-hydrogen) atoms. The molecular weight excluding hydrogens is 412 g/mol. The molecule has 0 saturated heterocycles. The lowest BCUT2D eigenvalue weighted by atomic mass is 10.2. The number of benzene rings is 2. The molecule has 0 bridgehead atoms. The summed E-state index contributed by atoms with van der Waals surface area (Å²) in [5, 5.41) is 2.98. The van der Waals surface area contributed by atoms with Gasteiger partial charge < -0.3 is 14.6 Å². The fraction of sp³-hybridized carbons (Fsp3) is 0.296. The third kappa shape index (κ3) is 5.98. The van der Waals surface area contributed by atoms with Gasteiger partial charge in [0.25, 0.3) is 5.91 Å². The lowest BCUT2D eigenvalue weighted by Gasteiger charge is -2.11. The Hall–Kier alpha value is -3.67. The summed E-state index contributed by atoms with van der Waals surface area (Å²) in [7, 11) is 0. The van der Waals surface area contributed by atoms with Gasteiger partial charge in [-0.1, -0.05) is 30.3 Å². The first-order valence-electron chi connectivity index (χ1n) is 11.5. The van der Waals surface area contributed by atoms with E-state index in [9.17, 15) is 4.79 Å². The fourth-order valence-electron chi connectivity index (χ4n) is 3.89. The van der Waals surface area contributed by atoms with Crippen LogP contribution in [0.1, 0.15) is 41.0 Å². The van der Waals surface area contributed by atoms with E-state index < -0.39 is 0 Å². The number of ether oxygens (including phenoxy) is 1. The molecule has 0 radical (unpaired) electrons. The summed E-state index contributed by atoms with van der Waals surface area (Å²) in [6, 6.07) is 19.8. The summed E-state index contributed by atoms with van der Waals surface area (Å²) >= 11 is 0. The molecule has 0 fully saturated rings. The Labute approximate surface area is 194 Å². The maximum Gasteiger partial charge on any atom is 0.251 e. The van der Waals surface area contributed by atoms with Crippen LogP contribution in [-0.4, -0.2) is 33.6 Å². The second-order valence-electron chi connectivity index (χ2n) is 8.08. The molecule has 0 atom stereocenters. The monoisotopic (exact) mass is 442 g/mol. The molecule has 6 heteroatoms. The zero-order chi connectivity index (χ0) is 22.9. The number of pyridine rings is 1. The molecule has 170 valence electrons. The Morgan fingerprint density at radius 3 is 2.61 bits per heavy atom. The second kappa shape index (κ2) is 11.3. The molecule has 1 amide bonds. The van der Waals surface area contributed by atoms with Gasteiger partial charge in [-0.15, -0.1) is 0 Å². The van der Waals surface area contributed by atoms with Crippen molar-refractivity contribution in [2.75, 3.05) is 13.2 Å². The number of carbonyl (C=O) groups is 1. The number of hydrogen-bond donors (Lipinski definition) is 1. The van der Waals surface area contributed by atoms with Crippen LogP contribution in [-0.2, 0) is 13.0 Å². The number of para-hydroxylation sites is 3. The van der Waals surface area contributed by atoms with Crippen LogP contribution in [0.25, 0.3) is 11.0 Å². The van der Waals surface area contributed by atoms with Crippen LogP contribution in [0.15, 0.2) is 73.1 Å². The van der Waals surface area contributed by atoms with Gasteiger partial charge >= 0.3 is 0 Å². The second-order valence-corrected chi connectivity index (χ2v) is 8.08. The predicted octanol–water partition coefficient (Wildman–Crippen LogP) is 4.96. The van der Waals surface area contributed by atoms with E-state index in [0.717, 1.165) is 60.4 Å². The van der Waals surface area contributed by atoms with Crippen molar-refractivity contribution in [3.05, 3.63) is 90.0 Å². The van der Waals surface area contributed by atoms with Crippen LogP contribution in [0.5, 0.6) is 5.75 Å². The van der Waals surface area contributed by atoms with Crippen molar-refractivity contribution in [1.29, 1.82) is 0 Å². The van der Waals surface area contributed by atoms with Crippen LogP contribution in [0.4, 0.5) is 0 Å². The third-order valence-electron chi connectivity index (χ3n) is 5.67. The topological polar surface area (TPSA) is 69.0 Å². The fourth-order valence-corrected chi connectivity index (χ4v) is 3.89. The number of unbranched alkanes of at least 4 members (excludes halogenated alkanes) is 1. The molecule has 0 saturated carbocycles. The van der Waals surface area contributed by atoms with Crippen molar-refractivity contribution >= 4 is 16.9 Å². The molecule has 0 aliphatic rings. The first-order valence-corrected chi connectivity index (χ1v) is 11.5. The van der Waals surface area contributed by atoms with Crippen LogP contribution < -0.4 is 10.1 Å². The van der Waals surface area contributed by atoms with Gasteiger partial charge in [0.15, 0.2) is 0 Å². The van der Waals surface area contributed by atoms with E-state index in [1.54, 1.807) is 24.5 Å². The number of carbonyl (C=O) groups excluding carboxylic acids is 1. The van der Waals surface area contributed by atoms with Gasteiger partial charge in [0, 0.05) is 37.5 Å². The van der Waals surface area contributed by atoms with Crippen molar-refractivity contribution in [3.63, 3.8) is 0 Å². The summed E-state index contributed by atoms with van der Waals surface area (Å²) in [6.45, 7) is 4.28. The lowest BCUT2D eigenvalue weighted by Crippen LogP contribution is -2.25. The highest BCUT2D eigenvalue weighted by atomic mass is 16.5. The third-order valence-corrected chi connectivity index (χ3v) is 5.67. The van der Waals surface area contributed by atoms with Crippen LogP contribution in [0.2, 0.25) is 0 Å². The molecule has 1 N–H and O–H groups in total. The summed E-state index contributed by atoms with van der Waals surface area (Å²) in [5.41, 5.74) is 3.97. The Morgan fingerprint density at radius 2 is 1.76 bits per heavy atom. The highest BCUT2D eigenvalue weighted by Gasteiger charge is 2.11. The van der Waals surface area contributed by atoms with Crippen molar-refractivity contribution in [2.24, 2.45) is 0 Å². The summed E-state index contributed by atoms with van der Waals surface area (Å²) in [5.74, 6) is 1.95. The molecule has 0 unspecified atom stereocenters. The first kappa shape index (κ1) is 22.5. The summed E-state index contributed by atoms with van der Waals surface area (Å²) in [4.78, 5) is 21.0. The SMILES string of the molecule is Cc1ccccc1OCCCCn1c(CCCNC(=O)c2ccncc2)nc2ccccc21. The Bertz CT molecular complexity index is 1190. The maximum absolute atomic E-state index is 12.2. The maximum atomic E-state index is 12.2. The normalized spacial score (nSPS) is 10.9. The summed E-state index contributed by atoms with van der Waals surface area (Å²) < 4.78 is 8.26. The number of hydrogen-bond acceptors (Lipinski definition) is 4. The lowest BCUT2D eigenvalue weighted by molar-refractivity contribution is 0.0953. The van der Waals surface area contributed by atoms with Gasteiger partial charge in [0.2, 0.25) is 0 Å². The molecule has 4 rings (SSSR count). The molecule has 0 aliphatic carbocycles. The smallest absolute Gasteiger partial charge is 0.251 e. The van der Waals surface area contributed by atoms with Gasteiger partial charge in [-0.2, -0.15) is 0 Å². The molecule has 2 aromatic carbocycles. The molecular formula is C27H30N4O2. The Kier molecular flexibility index (Phi) is 7.69. The minimum absolute atomic E-state index is 0.0699. The molecule has 0 spiro atoms. The Morgan fingerprint density at radius 1 is 0.970 bits per heavy atom. The average molecular weight is 443 g/mol. The molecule has 4 aromatic rings. The van der Waals surface area contributed by atoms with E-state index in [2.05, 4.69) is 46.1 Å². The Balaban J connectivity index is 1.30. The zero-order valence-corrected chi connectivity index (χ0v) is 19.0. The van der Waals surface area contributed by atoms with Gasteiger partial charge in [-0.3, -0.25) is 9.78 Å². The van der Waals surface area contributed by atoms with Gasteiger partial charge in [-0.25, -0.2) is 4.98 Å². The van der Waals surface area contributed by atoms with Crippen LogP contribution in [0, 0.1) is 6.92 Å². The number of imidazole rings is 1. The van der Waals surface area contributed by atoms with Crippen LogP contribution >= 0.6 is 0 Å². The van der Waals surface area contributed by atoms with Gasteiger partial charge in [0.05, 0.1) is 17.6 Å². The quantitative estimate of drug-likeness (QED) is 0.333. The number of nitrogens with zero attached hydrogens (tertiary/aromatic N) is 3. The van der Waals surface area contributed by atoms with Crippen molar-refractivity contribution < 1.29 is 9.53 Å². The minimum Gasteiger partial charge on any atom is -0.493 e. The standard InChI is InChI=1S/C27H30N4O2/c1-21-9-2-5-12-25(21)33-20-7-6-19-31-24-11-4-3-10-23(24)30-26(31)13-8-16-29-27(32)22-14-17-28-18-15-22/h2-5,9-12,14-15,17-18H,6-8,13,16,19-20H2,1H3,(H,29,32). The molecule has 2 heterocycles. The predicted molar refractivity (Wildman–Crippen MR) is 131 cm³/mol. The van der Waals surface area contributed by atoms with Crippen molar-refractivity contribution in [2.45, 2.75) is 39.2 Å². The number of fused-ring (bicyclic) bond motifs is 1. The van der Waals surface area contributed by atoms with Gasteiger partial charge in [0.1, 0.15) is 11.6 Å². The molecule has 6 nitrogen and oxygen atoms in total. The molecule has 2 aromatic heterocycles. The highest BCUT2D eigenvalue weighted by molar-refractivity contribution is 5.93. The summed E-state index contributed by atoms with van der Waals surface area (Å²) in [6.07, 6.45) is 6.88. The number of aromatic nitrogens is 3. The number of rotatable bonds is 11. The number of aryl methyl sites for hydroxylation is 3. The number of nitrogens with one attached hydrogen (secondary N) is 1. The van der Waals surface area contributed by atoms with E-state index in [1.165, 1.54) is 0 Å². The molecule has 0 aliphatic heterocycles. The highest BCUT2D eigenvalue weighted by Crippen LogP contribution is 2.19. The average Bonchev–Trinajstić information content (AvgIpc) is 3.20. The zero-order valence-electron chi connectivity index (χ0n) is 19.0. The van der Waals surface area contributed by atoms with E-state index in [1.807, 2.05) is 24.3 Å². The number of amides is 1. The van der Waals surface area contributed by atoms with E-state index in [4.69, 9.17) is 9.72 Å². The van der Waals surface area contributed by atoms with Crippen molar-refractivity contribution in [1.82, 2.24) is 19.9 Å². The van der Waals surface area contributed by atoms with E-state index in [-0.39, 0.29) is 5.91 Å².